The van der Waals surface area contributed by atoms with Crippen LogP contribution in [0.5, 0.6) is 0 Å². The zero-order valence-corrected chi connectivity index (χ0v) is 17.8. The molecule has 25 heavy (non-hydrogen) atoms. The van der Waals surface area contributed by atoms with E-state index in [0.29, 0.717) is 24.0 Å². The highest BCUT2D eigenvalue weighted by Gasteiger charge is 2.17. The highest BCUT2D eigenvalue weighted by atomic mass is 127. The van der Waals surface area contributed by atoms with Gasteiger partial charge in [-0.05, 0) is 49.8 Å². The molecule has 2 unspecified atom stereocenters. The monoisotopic (exact) mass is 458 g/mol. The molecule has 6 heteroatoms. The van der Waals surface area contributed by atoms with Crippen molar-refractivity contribution >= 4 is 35.8 Å². The van der Waals surface area contributed by atoms with Crippen LogP contribution in [0.2, 0.25) is 0 Å². The van der Waals surface area contributed by atoms with Crippen LogP contribution in [0.25, 0.3) is 0 Å². The minimum Gasteiger partial charge on any atom is -0.370 e. The van der Waals surface area contributed by atoms with Crippen LogP contribution < -0.4 is 11.1 Å². The van der Waals surface area contributed by atoms with E-state index < -0.39 is 0 Å². The van der Waals surface area contributed by atoms with Crippen LogP contribution in [-0.2, 0) is 6.54 Å². The Labute approximate surface area is 168 Å². The summed E-state index contributed by atoms with van der Waals surface area (Å²) in [4.78, 5) is 18.9. The van der Waals surface area contributed by atoms with Crippen molar-refractivity contribution in [2.75, 3.05) is 13.1 Å². The number of aliphatic imine (C=N–C) groups is 1. The number of halogens is 1. The molecule has 1 aromatic rings. The number of benzene rings is 1. The Morgan fingerprint density at radius 1 is 1.48 bits per heavy atom. The standard InChI is InChI=1S/C19H30N4O.HI/c1-4-15(3)22-18(24)17-9-5-8-16(11-17)12-21-19(20)23-10-6-7-14(2)13-23;/h5,8-9,11,14-15H,4,6-7,10,12-13H2,1-3H3,(H2,20,21)(H,22,24);1H. The Morgan fingerprint density at radius 3 is 2.92 bits per heavy atom. The van der Waals surface area contributed by atoms with Gasteiger partial charge in [-0.25, -0.2) is 4.99 Å². The zero-order valence-electron chi connectivity index (χ0n) is 15.5. The highest BCUT2D eigenvalue weighted by molar-refractivity contribution is 14.0. The maximum absolute atomic E-state index is 12.2. The first-order valence-corrected chi connectivity index (χ1v) is 8.94. The summed E-state index contributed by atoms with van der Waals surface area (Å²) in [7, 11) is 0. The van der Waals surface area contributed by atoms with E-state index in [9.17, 15) is 4.79 Å². The number of carbonyl (C=O) groups is 1. The Kier molecular flexibility index (Phi) is 9.24. The quantitative estimate of drug-likeness (QED) is 0.404. The van der Waals surface area contributed by atoms with E-state index in [-0.39, 0.29) is 35.9 Å². The van der Waals surface area contributed by atoms with Gasteiger partial charge >= 0.3 is 0 Å². The molecule has 1 saturated heterocycles. The molecule has 5 nitrogen and oxygen atoms in total. The van der Waals surface area contributed by atoms with Gasteiger partial charge in [-0.15, -0.1) is 24.0 Å². The van der Waals surface area contributed by atoms with Crippen LogP contribution in [0.1, 0.15) is 56.0 Å². The van der Waals surface area contributed by atoms with Crippen molar-refractivity contribution in [3.8, 4) is 0 Å². The molecule has 1 heterocycles. The maximum Gasteiger partial charge on any atom is 0.251 e. The summed E-state index contributed by atoms with van der Waals surface area (Å²) in [6.07, 6.45) is 3.35. The van der Waals surface area contributed by atoms with Crippen molar-refractivity contribution < 1.29 is 4.79 Å². The lowest BCUT2D eigenvalue weighted by atomic mass is 10.0. The number of rotatable bonds is 5. The lowest BCUT2D eigenvalue weighted by molar-refractivity contribution is 0.0939. The normalized spacial score (nSPS) is 19.1. The van der Waals surface area contributed by atoms with Crippen LogP contribution in [-0.4, -0.2) is 35.9 Å². The first-order valence-electron chi connectivity index (χ1n) is 8.94. The second-order valence-electron chi connectivity index (χ2n) is 6.85. The van der Waals surface area contributed by atoms with Gasteiger partial charge in [0, 0.05) is 24.7 Å². The first-order chi connectivity index (χ1) is 11.5. The Morgan fingerprint density at radius 2 is 2.24 bits per heavy atom. The van der Waals surface area contributed by atoms with Crippen molar-refractivity contribution in [3.05, 3.63) is 35.4 Å². The van der Waals surface area contributed by atoms with Crippen LogP contribution >= 0.6 is 24.0 Å². The van der Waals surface area contributed by atoms with E-state index in [0.717, 1.165) is 25.1 Å². The molecule has 2 atom stereocenters. The minimum atomic E-state index is -0.0343. The molecule has 2 rings (SSSR count). The number of guanidine groups is 1. The molecule has 1 fully saturated rings. The summed E-state index contributed by atoms with van der Waals surface area (Å²) in [5.41, 5.74) is 7.81. The minimum absolute atomic E-state index is 0. The Bertz CT molecular complexity index is 591. The van der Waals surface area contributed by atoms with Gasteiger partial charge in [0.05, 0.1) is 6.54 Å². The summed E-state index contributed by atoms with van der Waals surface area (Å²) in [5, 5.41) is 2.99. The first kappa shape index (κ1) is 21.7. The van der Waals surface area contributed by atoms with Gasteiger partial charge in [-0.2, -0.15) is 0 Å². The number of hydrogen-bond acceptors (Lipinski definition) is 2. The van der Waals surface area contributed by atoms with Crippen LogP contribution in [0.15, 0.2) is 29.3 Å². The fourth-order valence-electron chi connectivity index (χ4n) is 2.89. The zero-order chi connectivity index (χ0) is 17.5. The fourth-order valence-corrected chi connectivity index (χ4v) is 2.89. The van der Waals surface area contributed by atoms with Crippen molar-refractivity contribution in [2.45, 2.75) is 52.6 Å². The second kappa shape index (κ2) is 10.6. The van der Waals surface area contributed by atoms with Gasteiger partial charge in [0.1, 0.15) is 0 Å². The summed E-state index contributed by atoms with van der Waals surface area (Å²) in [6, 6.07) is 7.79. The molecule has 0 aromatic heterocycles. The van der Waals surface area contributed by atoms with E-state index in [4.69, 9.17) is 5.73 Å². The van der Waals surface area contributed by atoms with E-state index in [1.165, 1.54) is 12.8 Å². The van der Waals surface area contributed by atoms with Gasteiger partial charge in [0.15, 0.2) is 5.96 Å². The lowest BCUT2D eigenvalue weighted by Gasteiger charge is -2.31. The summed E-state index contributed by atoms with van der Waals surface area (Å²) >= 11 is 0. The molecular formula is C19H31IN4O. The van der Waals surface area contributed by atoms with Gasteiger partial charge in [-0.1, -0.05) is 26.0 Å². The number of amides is 1. The smallest absolute Gasteiger partial charge is 0.251 e. The molecule has 140 valence electrons. The molecule has 1 aliphatic heterocycles. The van der Waals surface area contributed by atoms with Gasteiger partial charge in [0.25, 0.3) is 5.91 Å². The molecule has 0 radical (unpaired) electrons. The van der Waals surface area contributed by atoms with E-state index in [1.807, 2.05) is 31.2 Å². The second-order valence-corrected chi connectivity index (χ2v) is 6.85. The van der Waals surface area contributed by atoms with Crippen LogP contribution in [0.4, 0.5) is 0 Å². The highest BCUT2D eigenvalue weighted by Crippen LogP contribution is 2.15. The molecule has 1 aromatic carbocycles. The molecule has 0 aliphatic carbocycles. The number of nitrogens with one attached hydrogen (secondary N) is 1. The molecule has 1 amide bonds. The SMILES string of the molecule is CCC(C)NC(=O)c1cccc(CN=C(N)N2CCCC(C)C2)c1.I. The Hall–Kier alpha value is -1.31. The molecule has 0 bridgehead atoms. The topological polar surface area (TPSA) is 70.7 Å². The third-order valence-electron chi connectivity index (χ3n) is 4.58. The number of piperidine rings is 1. The number of carbonyl (C=O) groups excluding carboxylic acids is 1. The predicted octanol–water partition coefficient (Wildman–Crippen LogP) is 3.38. The number of nitrogens with two attached hydrogens (primary N) is 1. The number of likely N-dealkylation sites (tertiary alicyclic amines) is 1. The van der Waals surface area contributed by atoms with Crippen molar-refractivity contribution in [3.63, 3.8) is 0 Å². The fraction of sp³-hybridized carbons (Fsp3) is 0.579. The molecular weight excluding hydrogens is 427 g/mol. The number of hydrogen-bond donors (Lipinski definition) is 2. The van der Waals surface area contributed by atoms with E-state index in [1.54, 1.807) is 0 Å². The van der Waals surface area contributed by atoms with Gasteiger partial charge in [0.2, 0.25) is 0 Å². The van der Waals surface area contributed by atoms with Crippen molar-refractivity contribution in [1.29, 1.82) is 0 Å². The largest absolute Gasteiger partial charge is 0.370 e. The summed E-state index contributed by atoms with van der Waals surface area (Å²) < 4.78 is 0. The number of nitrogens with zero attached hydrogens (tertiary/aromatic N) is 2. The van der Waals surface area contributed by atoms with Gasteiger partial charge < -0.3 is 16.0 Å². The summed E-state index contributed by atoms with van der Waals surface area (Å²) in [6.45, 7) is 8.77. The predicted molar refractivity (Wildman–Crippen MR) is 114 cm³/mol. The van der Waals surface area contributed by atoms with Crippen LogP contribution in [0, 0.1) is 5.92 Å². The third-order valence-corrected chi connectivity index (χ3v) is 4.58. The molecule has 1 aliphatic rings. The summed E-state index contributed by atoms with van der Waals surface area (Å²) in [5.74, 6) is 1.24. The van der Waals surface area contributed by atoms with E-state index >= 15 is 0 Å². The Balaban J connectivity index is 0.00000312. The maximum atomic E-state index is 12.2. The molecule has 3 N–H and O–H groups in total. The van der Waals surface area contributed by atoms with Crippen molar-refractivity contribution in [2.24, 2.45) is 16.6 Å². The molecule has 0 spiro atoms. The van der Waals surface area contributed by atoms with Crippen molar-refractivity contribution in [1.82, 2.24) is 10.2 Å². The average molecular weight is 458 g/mol. The average Bonchev–Trinajstić information content (AvgIpc) is 2.59. The lowest BCUT2D eigenvalue weighted by Crippen LogP contribution is -2.43. The third kappa shape index (κ3) is 6.84. The van der Waals surface area contributed by atoms with Crippen LogP contribution in [0.3, 0.4) is 0 Å². The van der Waals surface area contributed by atoms with Gasteiger partial charge in [-0.3, -0.25) is 4.79 Å². The van der Waals surface area contributed by atoms with E-state index in [2.05, 4.69) is 29.1 Å². The molecule has 0 saturated carbocycles.